The summed E-state index contributed by atoms with van der Waals surface area (Å²) in [6.45, 7) is 10.2. The first kappa shape index (κ1) is 11.6. The van der Waals surface area contributed by atoms with Crippen LogP contribution in [-0.2, 0) is 9.31 Å². The first-order valence-electron chi connectivity index (χ1n) is 5.00. The summed E-state index contributed by atoms with van der Waals surface area (Å²) in [6, 6.07) is 0. The molecule has 14 heavy (non-hydrogen) atoms. The summed E-state index contributed by atoms with van der Waals surface area (Å²) in [5, 5.41) is 2.98. The van der Waals surface area contributed by atoms with Gasteiger partial charge in [0.2, 0.25) is 0 Å². The van der Waals surface area contributed by atoms with Gasteiger partial charge in [0.05, 0.1) is 11.2 Å². The lowest BCUT2D eigenvalue weighted by Gasteiger charge is -2.32. The second-order valence-corrected chi connectivity index (χ2v) is 4.77. The van der Waals surface area contributed by atoms with Crippen molar-refractivity contribution < 1.29 is 9.31 Å². The smallest absolute Gasteiger partial charge is 0.400 e. The van der Waals surface area contributed by atoms with Crippen LogP contribution in [-0.4, -0.2) is 25.4 Å². The van der Waals surface area contributed by atoms with Gasteiger partial charge in [0.1, 0.15) is 0 Å². The molecule has 0 spiro atoms. The Morgan fingerprint density at radius 2 is 1.57 bits per heavy atom. The topological polar surface area (TPSA) is 30.5 Å². The zero-order valence-corrected chi connectivity index (χ0v) is 9.97. The van der Waals surface area contributed by atoms with Gasteiger partial charge in [-0.05, 0) is 46.3 Å². The van der Waals surface area contributed by atoms with Gasteiger partial charge in [-0.3, -0.25) is 0 Å². The molecule has 0 unspecified atom stereocenters. The molecule has 0 atom stereocenters. The Morgan fingerprint density at radius 3 is 1.93 bits per heavy atom. The van der Waals surface area contributed by atoms with E-state index in [9.17, 15) is 0 Å². The predicted molar refractivity (Wildman–Crippen MR) is 58.9 cm³/mol. The Bertz CT molecular complexity index is 233. The fraction of sp³-hybridized carbons (Fsp3) is 0.800. The Balaban J connectivity index is 2.78. The first-order valence-corrected chi connectivity index (χ1v) is 5.00. The second-order valence-electron chi connectivity index (χ2n) is 4.77. The SMILES string of the molecule is CN/C=C(\C)B1OC(C)(C)C(C)(C)O1. The lowest BCUT2D eigenvalue weighted by molar-refractivity contribution is 0.00578. The molecule has 0 aromatic heterocycles. The standard InChI is InChI=1S/C10H20BNO2/c1-8(7-12-6)11-13-9(2,3)10(4,5)14-11/h7,12H,1-6H3/b8-7+. The van der Waals surface area contributed by atoms with Crippen molar-refractivity contribution in [3.05, 3.63) is 11.7 Å². The van der Waals surface area contributed by atoms with Crippen molar-refractivity contribution in [2.45, 2.75) is 45.8 Å². The van der Waals surface area contributed by atoms with Crippen LogP contribution in [0.2, 0.25) is 0 Å². The molecule has 0 aromatic carbocycles. The molecule has 0 aliphatic carbocycles. The third kappa shape index (κ3) is 1.96. The van der Waals surface area contributed by atoms with E-state index in [0.29, 0.717) is 0 Å². The van der Waals surface area contributed by atoms with E-state index < -0.39 is 0 Å². The molecule has 80 valence electrons. The van der Waals surface area contributed by atoms with Gasteiger partial charge in [0.15, 0.2) is 0 Å². The van der Waals surface area contributed by atoms with E-state index >= 15 is 0 Å². The number of hydrogen-bond acceptors (Lipinski definition) is 3. The van der Waals surface area contributed by atoms with Crippen LogP contribution in [0, 0.1) is 0 Å². The highest BCUT2D eigenvalue weighted by Crippen LogP contribution is 2.38. The average molecular weight is 197 g/mol. The fourth-order valence-corrected chi connectivity index (χ4v) is 1.32. The zero-order valence-electron chi connectivity index (χ0n) is 9.97. The zero-order chi connectivity index (χ0) is 11.0. The van der Waals surface area contributed by atoms with Gasteiger partial charge < -0.3 is 14.6 Å². The van der Waals surface area contributed by atoms with Crippen LogP contribution >= 0.6 is 0 Å². The number of hydrogen-bond donors (Lipinski definition) is 1. The van der Waals surface area contributed by atoms with E-state index in [1.54, 1.807) is 0 Å². The third-order valence-electron chi connectivity index (χ3n) is 3.00. The van der Waals surface area contributed by atoms with Crippen molar-refractivity contribution in [3.8, 4) is 0 Å². The summed E-state index contributed by atoms with van der Waals surface area (Å²) in [4.78, 5) is 0. The maximum Gasteiger partial charge on any atom is 0.491 e. The van der Waals surface area contributed by atoms with Crippen molar-refractivity contribution >= 4 is 7.12 Å². The molecule has 1 heterocycles. The quantitative estimate of drug-likeness (QED) is 0.684. The second kappa shape index (κ2) is 3.59. The molecule has 3 nitrogen and oxygen atoms in total. The Labute approximate surface area is 87.0 Å². The van der Waals surface area contributed by atoms with Crippen molar-refractivity contribution in [2.75, 3.05) is 7.05 Å². The monoisotopic (exact) mass is 197 g/mol. The minimum absolute atomic E-state index is 0.229. The molecule has 1 N–H and O–H groups in total. The molecule has 0 bridgehead atoms. The van der Waals surface area contributed by atoms with Crippen molar-refractivity contribution in [3.63, 3.8) is 0 Å². The van der Waals surface area contributed by atoms with Crippen LogP contribution in [0.15, 0.2) is 11.7 Å². The maximum absolute atomic E-state index is 5.85. The van der Waals surface area contributed by atoms with Crippen LogP contribution in [0.4, 0.5) is 0 Å². The van der Waals surface area contributed by atoms with Crippen molar-refractivity contribution in [1.82, 2.24) is 5.32 Å². The van der Waals surface area contributed by atoms with E-state index in [4.69, 9.17) is 9.31 Å². The van der Waals surface area contributed by atoms with Gasteiger partial charge in [-0.25, -0.2) is 0 Å². The van der Waals surface area contributed by atoms with Gasteiger partial charge in [0.25, 0.3) is 0 Å². The average Bonchev–Trinajstić information content (AvgIpc) is 2.22. The maximum atomic E-state index is 5.85. The summed E-state index contributed by atoms with van der Waals surface area (Å²) >= 11 is 0. The molecule has 1 fully saturated rings. The lowest BCUT2D eigenvalue weighted by atomic mass is 9.80. The highest BCUT2D eigenvalue weighted by Gasteiger charge is 2.51. The van der Waals surface area contributed by atoms with E-state index in [2.05, 4.69) is 33.0 Å². The highest BCUT2D eigenvalue weighted by molar-refractivity contribution is 6.54. The number of allylic oxidation sites excluding steroid dienone is 1. The highest BCUT2D eigenvalue weighted by atomic mass is 16.7. The van der Waals surface area contributed by atoms with Crippen molar-refractivity contribution in [2.24, 2.45) is 0 Å². The van der Waals surface area contributed by atoms with Gasteiger partial charge in [0, 0.05) is 7.05 Å². The van der Waals surface area contributed by atoms with Gasteiger partial charge in [-0.2, -0.15) is 0 Å². The molecular formula is C10H20BNO2. The van der Waals surface area contributed by atoms with Crippen molar-refractivity contribution in [1.29, 1.82) is 0 Å². The number of rotatable bonds is 2. The van der Waals surface area contributed by atoms with Crippen LogP contribution in [0.3, 0.4) is 0 Å². The predicted octanol–water partition coefficient (Wildman–Crippen LogP) is 1.74. The Kier molecular flexibility index (Phi) is 2.97. The molecule has 0 radical (unpaired) electrons. The summed E-state index contributed by atoms with van der Waals surface area (Å²) in [6.07, 6.45) is 1.90. The van der Waals surface area contributed by atoms with Crippen LogP contribution in [0.25, 0.3) is 0 Å². The first-order chi connectivity index (χ1) is 6.30. The van der Waals surface area contributed by atoms with Crippen LogP contribution in [0.1, 0.15) is 34.6 Å². The molecule has 1 aliphatic rings. The summed E-state index contributed by atoms with van der Waals surface area (Å²) in [7, 11) is 1.64. The van der Waals surface area contributed by atoms with Gasteiger partial charge in [-0.15, -0.1) is 0 Å². The largest absolute Gasteiger partial charge is 0.491 e. The third-order valence-corrected chi connectivity index (χ3v) is 3.00. The molecule has 0 saturated carbocycles. The lowest BCUT2D eigenvalue weighted by Crippen LogP contribution is -2.41. The summed E-state index contributed by atoms with van der Waals surface area (Å²) < 4.78 is 11.7. The minimum atomic E-state index is -0.249. The minimum Gasteiger partial charge on any atom is -0.400 e. The molecule has 1 aliphatic heterocycles. The number of nitrogens with one attached hydrogen (secondary N) is 1. The van der Waals surface area contributed by atoms with E-state index in [1.165, 1.54) is 0 Å². The Hall–Kier alpha value is -0.475. The van der Waals surface area contributed by atoms with E-state index in [1.807, 2.05) is 20.2 Å². The van der Waals surface area contributed by atoms with E-state index in [-0.39, 0.29) is 18.3 Å². The summed E-state index contributed by atoms with van der Waals surface area (Å²) in [5.74, 6) is 0. The van der Waals surface area contributed by atoms with Gasteiger partial charge in [-0.1, -0.05) is 0 Å². The molecular weight excluding hydrogens is 177 g/mol. The fourth-order valence-electron chi connectivity index (χ4n) is 1.32. The van der Waals surface area contributed by atoms with Gasteiger partial charge >= 0.3 is 7.12 Å². The van der Waals surface area contributed by atoms with Crippen LogP contribution in [0.5, 0.6) is 0 Å². The molecule has 0 aromatic rings. The van der Waals surface area contributed by atoms with Crippen LogP contribution < -0.4 is 5.32 Å². The molecule has 1 rings (SSSR count). The molecule has 1 saturated heterocycles. The molecule has 4 heteroatoms. The molecule has 0 amide bonds. The Morgan fingerprint density at radius 1 is 1.14 bits per heavy atom. The normalized spacial score (nSPS) is 25.3. The summed E-state index contributed by atoms with van der Waals surface area (Å²) in [5.41, 5.74) is 0.562. The van der Waals surface area contributed by atoms with E-state index in [0.717, 1.165) is 5.47 Å².